The van der Waals surface area contributed by atoms with Gasteiger partial charge in [-0.05, 0) is 36.4 Å². The third-order valence-corrected chi connectivity index (χ3v) is 5.81. The van der Waals surface area contributed by atoms with Gasteiger partial charge in [-0.25, -0.2) is 13.1 Å². The number of benzene rings is 2. The number of ether oxygens (including phenoxy) is 3. The van der Waals surface area contributed by atoms with E-state index in [1.165, 1.54) is 56.6 Å². The smallest absolute Gasteiger partial charge is 0.253 e. The fourth-order valence-electron chi connectivity index (χ4n) is 2.86. The second-order valence-corrected chi connectivity index (χ2v) is 8.09. The molecule has 2 aromatic rings. The van der Waals surface area contributed by atoms with Crippen LogP contribution in [0.25, 0.3) is 0 Å². The summed E-state index contributed by atoms with van der Waals surface area (Å²) in [5.41, 5.74) is 1.10. The highest BCUT2D eigenvalue weighted by molar-refractivity contribution is 7.89. The maximum absolute atomic E-state index is 12.8. The lowest BCUT2D eigenvalue weighted by molar-refractivity contribution is 0.0784. The van der Waals surface area contributed by atoms with E-state index in [4.69, 9.17) is 14.2 Å². The van der Waals surface area contributed by atoms with Crippen LogP contribution in [0.2, 0.25) is 0 Å². The van der Waals surface area contributed by atoms with Crippen LogP contribution in [-0.2, 0) is 16.6 Å². The van der Waals surface area contributed by atoms with E-state index in [9.17, 15) is 13.2 Å². The van der Waals surface area contributed by atoms with Gasteiger partial charge in [0.25, 0.3) is 5.91 Å². The van der Waals surface area contributed by atoms with E-state index in [1.807, 2.05) is 0 Å². The summed E-state index contributed by atoms with van der Waals surface area (Å²) in [6, 6.07) is 9.28. The molecule has 0 saturated heterocycles. The molecule has 30 heavy (non-hydrogen) atoms. The molecule has 0 saturated carbocycles. The Kier molecular flexibility index (Phi) is 7.85. The van der Waals surface area contributed by atoms with Gasteiger partial charge in [0.05, 0.1) is 26.2 Å². The SMILES string of the molecule is C=CCNS(=O)(=O)c1ccc(C(=O)N(C)Cc2ccc(OC)c(OC)c2OC)cc1. The third kappa shape index (κ3) is 5.11. The number of sulfonamides is 1. The Hall–Kier alpha value is -3.04. The van der Waals surface area contributed by atoms with Gasteiger partial charge < -0.3 is 19.1 Å². The van der Waals surface area contributed by atoms with Crippen LogP contribution in [0.5, 0.6) is 17.2 Å². The Morgan fingerprint density at radius 3 is 2.20 bits per heavy atom. The van der Waals surface area contributed by atoms with Crippen molar-refractivity contribution in [3.63, 3.8) is 0 Å². The van der Waals surface area contributed by atoms with Crippen LogP contribution < -0.4 is 18.9 Å². The zero-order valence-electron chi connectivity index (χ0n) is 17.5. The number of carbonyl (C=O) groups excluding carboxylic acids is 1. The minimum absolute atomic E-state index is 0.0742. The standard InChI is InChI=1S/C21H26N2O6S/c1-6-13-22-30(25,26)17-10-7-15(8-11-17)21(24)23(2)14-16-9-12-18(27-3)20(29-5)19(16)28-4/h6-12,22H,1,13-14H2,2-5H3. The van der Waals surface area contributed by atoms with Crippen LogP contribution in [0, 0.1) is 0 Å². The van der Waals surface area contributed by atoms with Crippen LogP contribution in [0.15, 0.2) is 53.9 Å². The lowest BCUT2D eigenvalue weighted by Crippen LogP contribution is -2.27. The predicted octanol–water partition coefficient (Wildman–Crippen LogP) is 2.45. The van der Waals surface area contributed by atoms with E-state index < -0.39 is 10.0 Å². The van der Waals surface area contributed by atoms with Crippen molar-refractivity contribution in [2.45, 2.75) is 11.4 Å². The van der Waals surface area contributed by atoms with Crippen molar-refractivity contribution in [1.29, 1.82) is 0 Å². The van der Waals surface area contributed by atoms with E-state index in [2.05, 4.69) is 11.3 Å². The molecule has 8 nitrogen and oxygen atoms in total. The number of rotatable bonds is 10. The summed E-state index contributed by atoms with van der Waals surface area (Å²) in [5.74, 6) is 1.18. The van der Waals surface area contributed by atoms with Gasteiger partial charge in [0.2, 0.25) is 15.8 Å². The van der Waals surface area contributed by atoms with Gasteiger partial charge in [-0.15, -0.1) is 6.58 Å². The molecule has 0 spiro atoms. The topological polar surface area (TPSA) is 94.2 Å². The molecule has 1 amide bonds. The van der Waals surface area contributed by atoms with E-state index in [0.717, 1.165) is 5.56 Å². The lowest BCUT2D eigenvalue weighted by Gasteiger charge is -2.21. The van der Waals surface area contributed by atoms with Gasteiger partial charge in [0.1, 0.15) is 0 Å². The van der Waals surface area contributed by atoms with E-state index in [-0.39, 0.29) is 23.9 Å². The first-order valence-electron chi connectivity index (χ1n) is 9.03. The molecule has 1 N–H and O–H groups in total. The Labute approximate surface area is 177 Å². The number of nitrogens with one attached hydrogen (secondary N) is 1. The van der Waals surface area contributed by atoms with Crippen LogP contribution in [-0.4, -0.2) is 54.1 Å². The van der Waals surface area contributed by atoms with Crippen LogP contribution >= 0.6 is 0 Å². The summed E-state index contributed by atoms with van der Waals surface area (Å²) in [6.45, 7) is 3.86. The molecule has 162 valence electrons. The van der Waals surface area contributed by atoms with Crippen LogP contribution in [0.3, 0.4) is 0 Å². The number of carbonyl (C=O) groups is 1. The molecule has 0 aromatic heterocycles. The first-order valence-corrected chi connectivity index (χ1v) is 10.5. The van der Waals surface area contributed by atoms with Crippen molar-refractivity contribution < 1.29 is 27.4 Å². The van der Waals surface area contributed by atoms with Gasteiger partial charge >= 0.3 is 0 Å². The van der Waals surface area contributed by atoms with Gasteiger partial charge in [-0.1, -0.05) is 6.08 Å². The minimum atomic E-state index is -3.65. The molecule has 2 aromatic carbocycles. The van der Waals surface area contributed by atoms with Crippen molar-refractivity contribution in [3.05, 3.63) is 60.2 Å². The summed E-state index contributed by atoms with van der Waals surface area (Å²) in [6.07, 6.45) is 1.45. The number of nitrogens with zero attached hydrogens (tertiary/aromatic N) is 1. The zero-order chi connectivity index (χ0) is 22.3. The average molecular weight is 435 g/mol. The second kappa shape index (κ2) is 10.1. The molecule has 0 radical (unpaired) electrons. The van der Waals surface area contributed by atoms with Gasteiger partial charge in [-0.2, -0.15) is 0 Å². The highest BCUT2D eigenvalue weighted by Crippen LogP contribution is 2.40. The van der Waals surface area contributed by atoms with E-state index >= 15 is 0 Å². The molecule has 0 atom stereocenters. The lowest BCUT2D eigenvalue weighted by atomic mass is 10.1. The number of amides is 1. The van der Waals surface area contributed by atoms with Gasteiger partial charge in [0.15, 0.2) is 11.5 Å². The molecular weight excluding hydrogens is 408 g/mol. The summed E-state index contributed by atoms with van der Waals surface area (Å²) >= 11 is 0. The molecular formula is C21H26N2O6S. The van der Waals surface area contributed by atoms with Gasteiger partial charge in [0, 0.05) is 31.3 Å². The summed E-state index contributed by atoms with van der Waals surface area (Å²) in [5, 5.41) is 0. The third-order valence-electron chi connectivity index (χ3n) is 4.37. The molecule has 9 heteroatoms. The normalized spacial score (nSPS) is 10.9. The molecule has 0 aliphatic rings. The van der Waals surface area contributed by atoms with Crippen molar-refractivity contribution >= 4 is 15.9 Å². The fraction of sp³-hybridized carbons (Fsp3) is 0.286. The fourth-order valence-corrected chi connectivity index (χ4v) is 3.86. The Morgan fingerprint density at radius 2 is 1.67 bits per heavy atom. The second-order valence-electron chi connectivity index (χ2n) is 6.32. The van der Waals surface area contributed by atoms with Crippen molar-refractivity contribution in [1.82, 2.24) is 9.62 Å². The molecule has 0 bridgehead atoms. The molecule has 0 fully saturated rings. The largest absolute Gasteiger partial charge is 0.493 e. The average Bonchev–Trinajstić information content (AvgIpc) is 2.76. The molecule has 2 rings (SSSR count). The molecule has 0 aliphatic heterocycles. The highest BCUT2D eigenvalue weighted by atomic mass is 32.2. The van der Waals surface area contributed by atoms with E-state index in [1.54, 1.807) is 19.2 Å². The zero-order valence-corrected chi connectivity index (χ0v) is 18.3. The molecule has 0 heterocycles. The summed E-state index contributed by atoms with van der Waals surface area (Å²) in [4.78, 5) is 14.4. The maximum Gasteiger partial charge on any atom is 0.253 e. The summed E-state index contributed by atoms with van der Waals surface area (Å²) < 4.78 is 42.8. The minimum Gasteiger partial charge on any atom is -0.493 e. The predicted molar refractivity (Wildman–Crippen MR) is 114 cm³/mol. The molecule has 0 unspecified atom stereocenters. The maximum atomic E-state index is 12.8. The van der Waals surface area contributed by atoms with Crippen LogP contribution in [0.1, 0.15) is 15.9 Å². The van der Waals surface area contributed by atoms with Crippen molar-refractivity contribution in [2.24, 2.45) is 0 Å². The van der Waals surface area contributed by atoms with Gasteiger partial charge in [-0.3, -0.25) is 4.79 Å². The Balaban J connectivity index is 2.22. The van der Waals surface area contributed by atoms with Crippen LogP contribution in [0.4, 0.5) is 0 Å². The first kappa shape index (κ1) is 23.2. The highest BCUT2D eigenvalue weighted by Gasteiger charge is 2.20. The summed E-state index contributed by atoms with van der Waals surface area (Å²) in [7, 11) is 2.56. The van der Waals surface area contributed by atoms with Crippen molar-refractivity contribution in [2.75, 3.05) is 34.9 Å². The number of hydrogen-bond donors (Lipinski definition) is 1. The Morgan fingerprint density at radius 1 is 1.03 bits per heavy atom. The van der Waals surface area contributed by atoms with E-state index in [0.29, 0.717) is 22.8 Å². The van der Waals surface area contributed by atoms with Crippen molar-refractivity contribution in [3.8, 4) is 17.2 Å². The monoisotopic (exact) mass is 434 g/mol. The first-order chi connectivity index (χ1) is 14.3. The Bertz CT molecular complexity index is 1000. The number of methoxy groups -OCH3 is 3. The quantitative estimate of drug-likeness (QED) is 0.578. The number of hydrogen-bond acceptors (Lipinski definition) is 6. The molecule has 0 aliphatic carbocycles.